The second kappa shape index (κ2) is 11.5. The highest BCUT2D eigenvalue weighted by Gasteiger charge is 2.08. The van der Waals surface area contributed by atoms with Crippen molar-refractivity contribution in [2.24, 2.45) is 0 Å². The first-order valence-corrected chi connectivity index (χ1v) is 12.2. The topological polar surface area (TPSA) is 35.5 Å². The van der Waals surface area contributed by atoms with E-state index in [9.17, 15) is 4.79 Å². The fourth-order valence-electron chi connectivity index (χ4n) is 4.01. The van der Waals surface area contributed by atoms with Gasteiger partial charge in [-0.05, 0) is 71.3 Å². The van der Waals surface area contributed by atoms with E-state index in [1.165, 1.54) is 38.9 Å². The summed E-state index contributed by atoms with van der Waals surface area (Å²) in [6.07, 6.45) is 1.87. The second-order valence-electron chi connectivity index (χ2n) is 8.86. The molecule has 0 unspecified atom stereocenters. The van der Waals surface area contributed by atoms with E-state index in [-0.39, 0.29) is 12.6 Å². The van der Waals surface area contributed by atoms with Crippen LogP contribution in [-0.4, -0.2) is 19.2 Å². The molecule has 0 spiro atoms. The van der Waals surface area contributed by atoms with Gasteiger partial charge in [-0.15, -0.1) is 0 Å². The minimum Gasteiger partial charge on any atom is -0.482 e. The van der Waals surface area contributed by atoms with Crippen molar-refractivity contribution in [1.29, 1.82) is 0 Å². The number of carbonyl (C=O) groups is 1. The van der Waals surface area contributed by atoms with Crippen LogP contribution in [0.1, 0.15) is 30.9 Å². The fraction of sp³-hybridized carbons (Fsp3) is 0.219. The molecule has 0 saturated carbocycles. The number of unbranched alkanes of at least 4 members (excludes halogenated alkanes) is 1. The normalized spacial score (nSPS) is 10.7. The Morgan fingerprint density at radius 1 is 0.686 bits per heavy atom. The number of ether oxygens (including phenoxy) is 2. The maximum atomic E-state index is 11.7. The number of rotatable bonds is 9. The van der Waals surface area contributed by atoms with Gasteiger partial charge in [-0.25, -0.2) is 4.79 Å². The molecule has 0 N–H and O–H groups in total. The van der Waals surface area contributed by atoms with Crippen molar-refractivity contribution in [2.45, 2.75) is 33.6 Å². The molecule has 0 radical (unpaired) electrons. The molecule has 0 aliphatic heterocycles. The molecule has 0 heterocycles. The molecule has 0 bridgehead atoms. The van der Waals surface area contributed by atoms with Gasteiger partial charge in [0.15, 0.2) is 6.61 Å². The van der Waals surface area contributed by atoms with Gasteiger partial charge in [0.25, 0.3) is 0 Å². The van der Waals surface area contributed by atoms with Crippen LogP contribution in [0.4, 0.5) is 0 Å². The van der Waals surface area contributed by atoms with Gasteiger partial charge >= 0.3 is 5.97 Å². The fourth-order valence-corrected chi connectivity index (χ4v) is 4.01. The SMILES string of the molecule is CCCCOC(=O)COc1ccc(-c2ccc(-c3ccc(-c4ccc(C)cc4)cc3)cc2C)cc1. The third kappa shape index (κ3) is 6.39. The van der Waals surface area contributed by atoms with Gasteiger partial charge < -0.3 is 9.47 Å². The minimum atomic E-state index is -0.333. The highest BCUT2D eigenvalue weighted by atomic mass is 16.6. The summed E-state index contributed by atoms with van der Waals surface area (Å²) in [5.41, 5.74) is 9.61. The van der Waals surface area contributed by atoms with E-state index in [1.807, 2.05) is 24.3 Å². The maximum Gasteiger partial charge on any atom is 0.344 e. The first-order chi connectivity index (χ1) is 17.0. The summed E-state index contributed by atoms with van der Waals surface area (Å²) in [6, 6.07) is 31.8. The minimum absolute atomic E-state index is 0.0700. The summed E-state index contributed by atoms with van der Waals surface area (Å²) in [7, 11) is 0. The van der Waals surface area contributed by atoms with Gasteiger partial charge in [0.1, 0.15) is 5.75 Å². The van der Waals surface area contributed by atoms with Crippen molar-refractivity contribution < 1.29 is 14.3 Å². The van der Waals surface area contributed by atoms with E-state index in [0.29, 0.717) is 12.4 Å². The molecule has 0 amide bonds. The Morgan fingerprint density at radius 3 is 1.83 bits per heavy atom. The molecule has 35 heavy (non-hydrogen) atoms. The van der Waals surface area contributed by atoms with Crippen LogP contribution < -0.4 is 4.74 Å². The Balaban J connectivity index is 1.41. The zero-order valence-electron chi connectivity index (χ0n) is 20.7. The maximum absolute atomic E-state index is 11.7. The number of hydrogen-bond donors (Lipinski definition) is 0. The Morgan fingerprint density at radius 2 is 1.23 bits per heavy atom. The molecule has 3 heteroatoms. The zero-order chi connectivity index (χ0) is 24.6. The molecule has 0 aromatic heterocycles. The van der Waals surface area contributed by atoms with E-state index in [4.69, 9.17) is 9.47 Å². The average Bonchev–Trinajstić information content (AvgIpc) is 2.88. The van der Waals surface area contributed by atoms with Gasteiger partial charge in [-0.3, -0.25) is 0 Å². The molecule has 178 valence electrons. The van der Waals surface area contributed by atoms with Gasteiger partial charge in [0, 0.05) is 0 Å². The number of esters is 1. The van der Waals surface area contributed by atoms with Crippen molar-refractivity contribution >= 4 is 5.97 Å². The second-order valence-corrected chi connectivity index (χ2v) is 8.86. The molecule has 0 atom stereocenters. The first kappa shape index (κ1) is 24.3. The number of aryl methyl sites for hydroxylation is 2. The smallest absolute Gasteiger partial charge is 0.344 e. The summed E-state index contributed by atoms with van der Waals surface area (Å²) in [5, 5.41) is 0. The summed E-state index contributed by atoms with van der Waals surface area (Å²) in [6.45, 7) is 6.68. The van der Waals surface area contributed by atoms with Crippen molar-refractivity contribution in [3.05, 3.63) is 102 Å². The van der Waals surface area contributed by atoms with E-state index < -0.39 is 0 Å². The molecule has 0 aliphatic carbocycles. The predicted molar refractivity (Wildman–Crippen MR) is 144 cm³/mol. The highest BCUT2D eigenvalue weighted by Crippen LogP contribution is 2.31. The molecular weight excluding hydrogens is 432 g/mol. The van der Waals surface area contributed by atoms with Crippen molar-refractivity contribution in [2.75, 3.05) is 13.2 Å². The van der Waals surface area contributed by atoms with E-state index >= 15 is 0 Å². The Labute approximate surface area is 208 Å². The summed E-state index contributed by atoms with van der Waals surface area (Å²) in [4.78, 5) is 11.7. The molecule has 0 aliphatic rings. The van der Waals surface area contributed by atoms with Crippen molar-refractivity contribution in [3.8, 4) is 39.1 Å². The van der Waals surface area contributed by atoms with Gasteiger partial charge in [-0.2, -0.15) is 0 Å². The number of carbonyl (C=O) groups excluding carboxylic acids is 1. The Hall–Kier alpha value is -3.85. The number of benzene rings is 4. The molecule has 4 aromatic carbocycles. The number of hydrogen-bond acceptors (Lipinski definition) is 3. The lowest BCUT2D eigenvalue weighted by molar-refractivity contribution is -0.146. The third-order valence-electron chi connectivity index (χ3n) is 6.11. The zero-order valence-corrected chi connectivity index (χ0v) is 20.7. The van der Waals surface area contributed by atoms with Crippen LogP contribution in [0, 0.1) is 13.8 Å². The van der Waals surface area contributed by atoms with E-state index in [0.717, 1.165) is 18.4 Å². The van der Waals surface area contributed by atoms with E-state index in [1.54, 1.807) is 0 Å². The van der Waals surface area contributed by atoms with Gasteiger partial charge in [0.2, 0.25) is 0 Å². The third-order valence-corrected chi connectivity index (χ3v) is 6.11. The summed E-state index contributed by atoms with van der Waals surface area (Å²) < 4.78 is 10.7. The molecular formula is C32H32O3. The first-order valence-electron chi connectivity index (χ1n) is 12.2. The van der Waals surface area contributed by atoms with Crippen LogP contribution >= 0.6 is 0 Å². The summed E-state index contributed by atoms with van der Waals surface area (Å²) in [5.74, 6) is 0.324. The average molecular weight is 465 g/mol. The molecule has 3 nitrogen and oxygen atoms in total. The van der Waals surface area contributed by atoms with Crippen LogP contribution in [-0.2, 0) is 9.53 Å². The van der Waals surface area contributed by atoms with Crippen LogP contribution in [0.5, 0.6) is 5.75 Å². The van der Waals surface area contributed by atoms with Crippen LogP contribution in [0.3, 0.4) is 0 Å². The molecule has 0 saturated heterocycles. The van der Waals surface area contributed by atoms with E-state index in [2.05, 4.69) is 87.5 Å². The van der Waals surface area contributed by atoms with Crippen molar-refractivity contribution in [1.82, 2.24) is 0 Å². The van der Waals surface area contributed by atoms with Gasteiger partial charge in [-0.1, -0.05) is 97.8 Å². The quantitative estimate of drug-likeness (QED) is 0.186. The van der Waals surface area contributed by atoms with Crippen LogP contribution in [0.25, 0.3) is 33.4 Å². The monoisotopic (exact) mass is 464 g/mol. The predicted octanol–water partition coefficient (Wildman–Crippen LogP) is 8.03. The molecule has 0 fully saturated rings. The molecule has 4 aromatic rings. The van der Waals surface area contributed by atoms with Crippen LogP contribution in [0.2, 0.25) is 0 Å². The molecule has 4 rings (SSSR count). The Kier molecular flexibility index (Phi) is 7.99. The van der Waals surface area contributed by atoms with Crippen LogP contribution in [0.15, 0.2) is 91.0 Å². The highest BCUT2D eigenvalue weighted by molar-refractivity contribution is 5.76. The largest absolute Gasteiger partial charge is 0.482 e. The standard InChI is InChI=1S/C32H32O3/c1-4-5-20-34-32(33)22-35-30-17-14-28(15-18-30)31-19-16-29(21-24(31)3)27-12-10-26(11-13-27)25-8-6-23(2)7-9-25/h6-19,21H,4-5,20,22H2,1-3H3. The van der Waals surface area contributed by atoms with Crippen molar-refractivity contribution in [3.63, 3.8) is 0 Å². The lowest BCUT2D eigenvalue weighted by atomic mass is 9.94. The lowest BCUT2D eigenvalue weighted by Crippen LogP contribution is -2.15. The Bertz CT molecular complexity index is 1250. The summed E-state index contributed by atoms with van der Waals surface area (Å²) >= 11 is 0. The lowest BCUT2D eigenvalue weighted by Gasteiger charge is -2.11. The van der Waals surface area contributed by atoms with Gasteiger partial charge in [0.05, 0.1) is 6.61 Å².